The number of carbonyl (C=O) groups is 2. The third-order valence-corrected chi connectivity index (χ3v) is 3.64. The summed E-state index contributed by atoms with van der Waals surface area (Å²) in [6.45, 7) is 1.87. The van der Waals surface area contributed by atoms with E-state index in [4.69, 9.17) is 16.7 Å². The molecule has 102 valence electrons. The molecule has 1 aromatic rings. The molecule has 2 rings (SSSR count). The lowest BCUT2D eigenvalue weighted by molar-refractivity contribution is -0.141. The lowest BCUT2D eigenvalue weighted by Gasteiger charge is -2.13. The monoisotopic (exact) mass is 281 g/mol. The quantitative estimate of drug-likeness (QED) is 0.895. The molecule has 0 bridgehead atoms. The van der Waals surface area contributed by atoms with Gasteiger partial charge in [-0.1, -0.05) is 11.6 Å². The predicted molar refractivity (Wildman–Crippen MR) is 72.4 cm³/mol. The Bertz CT molecular complexity index is 495. The van der Waals surface area contributed by atoms with Crippen molar-refractivity contribution in [3.8, 4) is 0 Å². The van der Waals surface area contributed by atoms with Crippen molar-refractivity contribution in [2.24, 2.45) is 5.92 Å². The number of benzene rings is 1. The normalized spacial score (nSPS) is 22.2. The van der Waals surface area contributed by atoms with Crippen LogP contribution in [0.3, 0.4) is 0 Å². The van der Waals surface area contributed by atoms with Crippen LogP contribution in [-0.4, -0.2) is 23.0 Å². The van der Waals surface area contributed by atoms with Crippen molar-refractivity contribution >= 4 is 23.5 Å². The zero-order valence-corrected chi connectivity index (χ0v) is 11.4. The van der Waals surface area contributed by atoms with Gasteiger partial charge in [0.2, 0.25) is 0 Å². The van der Waals surface area contributed by atoms with Gasteiger partial charge in [-0.3, -0.25) is 9.59 Å². The number of aryl methyl sites for hydroxylation is 1. The van der Waals surface area contributed by atoms with Crippen LogP contribution in [0.1, 0.15) is 35.2 Å². The average molecular weight is 282 g/mol. The molecular weight excluding hydrogens is 266 g/mol. The van der Waals surface area contributed by atoms with Gasteiger partial charge >= 0.3 is 5.97 Å². The third kappa shape index (κ3) is 3.47. The molecule has 2 atom stereocenters. The Morgan fingerprint density at radius 2 is 2.05 bits per heavy atom. The summed E-state index contributed by atoms with van der Waals surface area (Å²) in [5, 5.41) is 12.3. The van der Waals surface area contributed by atoms with Crippen molar-refractivity contribution in [1.82, 2.24) is 5.32 Å². The number of amides is 1. The summed E-state index contributed by atoms with van der Waals surface area (Å²) >= 11 is 5.92. The Morgan fingerprint density at radius 1 is 1.32 bits per heavy atom. The van der Waals surface area contributed by atoms with Gasteiger partial charge in [0.1, 0.15) is 0 Å². The summed E-state index contributed by atoms with van der Waals surface area (Å²) in [6.07, 6.45) is 1.83. The maximum Gasteiger partial charge on any atom is 0.306 e. The highest BCUT2D eigenvalue weighted by Gasteiger charge is 2.30. The van der Waals surface area contributed by atoms with Gasteiger partial charge in [0, 0.05) is 16.6 Å². The number of carboxylic acids is 1. The fourth-order valence-electron chi connectivity index (χ4n) is 2.47. The molecule has 1 amide bonds. The molecule has 5 heteroatoms. The predicted octanol–water partition coefficient (Wildman–Crippen LogP) is 2.63. The second-order valence-electron chi connectivity index (χ2n) is 5.04. The Kier molecular flexibility index (Phi) is 4.10. The van der Waals surface area contributed by atoms with Crippen LogP contribution in [0.25, 0.3) is 0 Å². The van der Waals surface area contributed by atoms with Crippen molar-refractivity contribution in [2.45, 2.75) is 32.2 Å². The van der Waals surface area contributed by atoms with E-state index in [1.54, 1.807) is 18.2 Å². The molecule has 0 spiro atoms. The number of carboxylic acid groups (broad SMARTS) is 1. The van der Waals surface area contributed by atoms with Gasteiger partial charge in [-0.15, -0.1) is 0 Å². The SMILES string of the molecule is Cc1cc(Cl)cc(C(=O)N[C@@H]2CC[C@H](C(=O)O)C2)c1. The number of nitrogens with one attached hydrogen (secondary N) is 1. The van der Waals surface area contributed by atoms with Crippen molar-refractivity contribution in [3.05, 3.63) is 34.3 Å². The zero-order chi connectivity index (χ0) is 14.0. The smallest absolute Gasteiger partial charge is 0.306 e. The Balaban J connectivity index is 2.00. The number of rotatable bonds is 3. The molecule has 0 heterocycles. The van der Waals surface area contributed by atoms with E-state index in [-0.39, 0.29) is 17.9 Å². The van der Waals surface area contributed by atoms with E-state index in [1.165, 1.54) is 0 Å². The van der Waals surface area contributed by atoms with E-state index >= 15 is 0 Å². The van der Waals surface area contributed by atoms with Crippen molar-refractivity contribution in [3.63, 3.8) is 0 Å². The van der Waals surface area contributed by atoms with Crippen LogP contribution in [0.4, 0.5) is 0 Å². The van der Waals surface area contributed by atoms with E-state index in [0.717, 1.165) is 5.56 Å². The molecule has 4 nitrogen and oxygen atoms in total. The van der Waals surface area contributed by atoms with Gasteiger partial charge in [-0.05, 0) is 49.9 Å². The summed E-state index contributed by atoms with van der Waals surface area (Å²) in [6, 6.07) is 5.11. The second kappa shape index (κ2) is 5.61. The molecule has 0 unspecified atom stereocenters. The minimum absolute atomic E-state index is 0.0621. The lowest BCUT2D eigenvalue weighted by atomic mass is 10.1. The molecule has 19 heavy (non-hydrogen) atoms. The van der Waals surface area contributed by atoms with Gasteiger partial charge in [-0.25, -0.2) is 0 Å². The molecule has 1 aliphatic rings. The van der Waals surface area contributed by atoms with Crippen LogP contribution in [0, 0.1) is 12.8 Å². The van der Waals surface area contributed by atoms with Crippen LogP contribution in [-0.2, 0) is 4.79 Å². The number of halogens is 1. The zero-order valence-electron chi connectivity index (χ0n) is 10.6. The fraction of sp³-hybridized carbons (Fsp3) is 0.429. The molecule has 1 fully saturated rings. The van der Waals surface area contributed by atoms with E-state index in [9.17, 15) is 9.59 Å². The molecule has 0 aromatic heterocycles. The second-order valence-corrected chi connectivity index (χ2v) is 5.47. The minimum Gasteiger partial charge on any atom is -0.481 e. The molecular formula is C14H16ClNO3. The van der Waals surface area contributed by atoms with Crippen LogP contribution in [0.5, 0.6) is 0 Å². The number of aliphatic carboxylic acids is 1. The minimum atomic E-state index is -0.782. The summed E-state index contributed by atoms with van der Waals surface area (Å²) in [7, 11) is 0. The Labute approximate surface area is 116 Å². The third-order valence-electron chi connectivity index (χ3n) is 3.42. The van der Waals surface area contributed by atoms with Crippen LogP contribution < -0.4 is 5.32 Å². The molecule has 0 radical (unpaired) electrons. The van der Waals surface area contributed by atoms with Crippen LogP contribution >= 0.6 is 11.6 Å². The number of hydrogen-bond donors (Lipinski definition) is 2. The largest absolute Gasteiger partial charge is 0.481 e. The maximum atomic E-state index is 12.1. The van der Waals surface area contributed by atoms with Crippen molar-refractivity contribution in [2.75, 3.05) is 0 Å². The molecule has 0 saturated heterocycles. The molecule has 1 saturated carbocycles. The molecule has 2 N–H and O–H groups in total. The average Bonchev–Trinajstić information content (AvgIpc) is 2.76. The van der Waals surface area contributed by atoms with Gasteiger partial charge in [0.25, 0.3) is 5.91 Å². The van der Waals surface area contributed by atoms with Crippen molar-refractivity contribution < 1.29 is 14.7 Å². The molecule has 1 aromatic carbocycles. The fourth-order valence-corrected chi connectivity index (χ4v) is 2.76. The summed E-state index contributed by atoms with van der Waals surface area (Å²) < 4.78 is 0. The van der Waals surface area contributed by atoms with E-state index in [0.29, 0.717) is 29.8 Å². The highest BCUT2D eigenvalue weighted by Crippen LogP contribution is 2.26. The first-order valence-corrected chi connectivity index (χ1v) is 6.64. The Morgan fingerprint density at radius 3 is 2.63 bits per heavy atom. The first-order chi connectivity index (χ1) is 8.95. The van der Waals surface area contributed by atoms with Crippen LogP contribution in [0.15, 0.2) is 18.2 Å². The van der Waals surface area contributed by atoms with Gasteiger partial charge in [0.15, 0.2) is 0 Å². The van der Waals surface area contributed by atoms with Gasteiger partial charge in [-0.2, -0.15) is 0 Å². The first-order valence-electron chi connectivity index (χ1n) is 6.26. The first kappa shape index (κ1) is 13.9. The van der Waals surface area contributed by atoms with Crippen molar-refractivity contribution in [1.29, 1.82) is 0 Å². The summed E-state index contributed by atoms with van der Waals surface area (Å²) in [5.74, 6) is -1.32. The van der Waals surface area contributed by atoms with E-state index < -0.39 is 5.97 Å². The van der Waals surface area contributed by atoms with E-state index in [2.05, 4.69) is 5.32 Å². The maximum absolute atomic E-state index is 12.1. The van der Waals surface area contributed by atoms with Crippen LogP contribution in [0.2, 0.25) is 5.02 Å². The standard InChI is InChI=1S/C14H16ClNO3/c1-8-4-10(6-11(15)5-8)13(17)16-12-3-2-9(7-12)14(18)19/h4-6,9,12H,2-3,7H2,1H3,(H,16,17)(H,18,19)/t9-,12+/m0/s1. The number of hydrogen-bond acceptors (Lipinski definition) is 2. The summed E-state index contributed by atoms with van der Waals surface area (Å²) in [4.78, 5) is 22.9. The van der Waals surface area contributed by atoms with Gasteiger partial charge < -0.3 is 10.4 Å². The highest BCUT2D eigenvalue weighted by molar-refractivity contribution is 6.31. The summed E-state index contributed by atoms with van der Waals surface area (Å²) in [5.41, 5.74) is 1.44. The molecule has 1 aliphatic carbocycles. The highest BCUT2D eigenvalue weighted by atomic mass is 35.5. The Hall–Kier alpha value is -1.55. The lowest BCUT2D eigenvalue weighted by Crippen LogP contribution is -2.33. The molecule has 0 aliphatic heterocycles. The topological polar surface area (TPSA) is 66.4 Å². The van der Waals surface area contributed by atoms with E-state index in [1.807, 2.05) is 6.92 Å². The van der Waals surface area contributed by atoms with Gasteiger partial charge in [0.05, 0.1) is 5.92 Å². The number of carbonyl (C=O) groups excluding carboxylic acids is 1.